The molecule has 5 heteroatoms. The highest BCUT2D eigenvalue weighted by molar-refractivity contribution is 7.10. The normalized spacial score (nSPS) is 16.3. The maximum Gasteiger partial charge on any atom is 0.274 e. The smallest absolute Gasteiger partial charge is 0.274 e. The summed E-state index contributed by atoms with van der Waals surface area (Å²) in [6.45, 7) is 1.99. The Morgan fingerprint density at radius 1 is 1.15 bits per heavy atom. The first-order valence-corrected chi connectivity index (χ1v) is 9.69. The Morgan fingerprint density at radius 2 is 2.00 bits per heavy atom. The fourth-order valence-corrected chi connectivity index (χ4v) is 4.10. The highest BCUT2D eigenvalue weighted by Gasteiger charge is 2.34. The maximum absolute atomic E-state index is 13.2. The number of thiophene rings is 1. The standard InChI is InChI=1S/C22H20N2O2S/c1-15-6-3-8-17(12-15)22(25)24-20(21-10-5-11-27-21)14-19(23-24)16-7-4-9-18(13-16)26-2/h3-13,20H,14H2,1-2H3/t20-/m1/s1. The Hall–Kier alpha value is -2.92. The van der Waals surface area contributed by atoms with Gasteiger partial charge in [-0.25, -0.2) is 5.01 Å². The van der Waals surface area contributed by atoms with Gasteiger partial charge in [-0.15, -0.1) is 11.3 Å². The fourth-order valence-electron chi connectivity index (χ4n) is 3.29. The molecule has 1 amide bonds. The second kappa shape index (κ2) is 7.37. The van der Waals surface area contributed by atoms with Gasteiger partial charge in [0.05, 0.1) is 18.9 Å². The van der Waals surface area contributed by atoms with E-state index < -0.39 is 0 Å². The van der Waals surface area contributed by atoms with Gasteiger partial charge in [-0.2, -0.15) is 5.10 Å². The van der Waals surface area contributed by atoms with Crippen LogP contribution in [0.2, 0.25) is 0 Å². The molecule has 2 heterocycles. The number of carbonyl (C=O) groups excluding carboxylic acids is 1. The summed E-state index contributed by atoms with van der Waals surface area (Å²) in [4.78, 5) is 14.3. The van der Waals surface area contributed by atoms with Gasteiger partial charge in [0.15, 0.2) is 0 Å². The van der Waals surface area contributed by atoms with Crippen LogP contribution in [0.25, 0.3) is 0 Å². The van der Waals surface area contributed by atoms with E-state index in [4.69, 9.17) is 9.84 Å². The van der Waals surface area contributed by atoms with Gasteiger partial charge in [0.2, 0.25) is 0 Å². The first kappa shape index (κ1) is 17.5. The van der Waals surface area contributed by atoms with Crippen LogP contribution in [-0.2, 0) is 0 Å². The van der Waals surface area contributed by atoms with Crippen molar-refractivity contribution in [1.29, 1.82) is 0 Å². The molecule has 0 radical (unpaired) electrons. The van der Waals surface area contributed by atoms with Crippen LogP contribution >= 0.6 is 11.3 Å². The van der Waals surface area contributed by atoms with Crippen LogP contribution in [0.4, 0.5) is 0 Å². The lowest BCUT2D eigenvalue weighted by molar-refractivity contribution is 0.0713. The zero-order chi connectivity index (χ0) is 18.8. The lowest BCUT2D eigenvalue weighted by atomic mass is 10.0. The van der Waals surface area contributed by atoms with Gasteiger partial charge in [0, 0.05) is 22.4 Å². The molecule has 0 saturated carbocycles. The van der Waals surface area contributed by atoms with Crippen LogP contribution in [0.5, 0.6) is 5.75 Å². The van der Waals surface area contributed by atoms with Crippen LogP contribution in [-0.4, -0.2) is 23.7 Å². The Kier molecular flexibility index (Phi) is 4.77. The first-order chi connectivity index (χ1) is 13.2. The van der Waals surface area contributed by atoms with Gasteiger partial charge in [-0.1, -0.05) is 35.9 Å². The van der Waals surface area contributed by atoms with Crippen molar-refractivity contribution in [2.45, 2.75) is 19.4 Å². The van der Waals surface area contributed by atoms with Crippen molar-refractivity contribution in [1.82, 2.24) is 5.01 Å². The second-order valence-electron chi connectivity index (χ2n) is 6.53. The first-order valence-electron chi connectivity index (χ1n) is 8.81. The molecule has 1 aliphatic rings. The van der Waals surface area contributed by atoms with Gasteiger partial charge in [-0.3, -0.25) is 4.79 Å². The quantitative estimate of drug-likeness (QED) is 0.639. The highest BCUT2D eigenvalue weighted by Crippen LogP contribution is 2.36. The van der Waals surface area contributed by atoms with E-state index in [1.807, 2.05) is 66.9 Å². The van der Waals surface area contributed by atoms with Gasteiger partial charge >= 0.3 is 0 Å². The van der Waals surface area contributed by atoms with E-state index in [-0.39, 0.29) is 11.9 Å². The molecule has 0 fully saturated rings. The summed E-state index contributed by atoms with van der Waals surface area (Å²) in [5, 5.41) is 8.40. The molecule has 27 heavy (non-hydrogen) atoms. The van der Waals surface area contributed by atoms with Gasteiger partial charge in [0.25, 0.3) is 5.91 Å². The van der Waals surface area contributed by atoms with Crippen LogP contribution in [0, 0.1) is 6.92 Å². The lowest BCUT2D eigenvalue weighted by Crippen LogP contribution is -2.26. The number of ether oxygens (including phenoxy) is 1. The number of hydrogen-bond acceptors (Lipinski definition) is 4. The minimum absolute atomic E-state index is 0.0741. The molecule has 0 saturated heterocycles. The predicted octanol–water partition coefficient (Wildman–Crippen LogP) is 5.06. The Labute approximate surface area is 162 Å². The van der Waals surface area contributed by atoms with Crippen molar-refractivity contribution in [2.75, 3.05) is 7.11 Å². The molecular weight excluding hydrogens is 356 g/mol. The molecule has 136 valence electrons. The van der Waals surface area contributed by atoms with Crippen LogP contribution in [0.15, 0.2) is 71.1 Å². The molecule has 0 aliphatic carbocycles. The van der Waals surface area contributed by atoms with Gasteiger partial charge in [0.1, 0.15) is 5.75 Å². The number of aryl methyl sites for hydroxylation is 1. The zero-order valence-electron chi connectivity index (χ0n) is 15.3. The number of hydrogen-bond donors (Lipinski definition) is 0. The van der Waals surface area contributed by atoms with E-state index >= 15 is 0 Å². The number of benzene rings is 2. The number of carbonyl (C=O) groups is 1. The average Bonchev–Trinajstić information content (AvgIpc) is 3.37. The van der Waals surface area contributed by atoms with Crippen molar-refractivity contribution < 1.29 is 9.53 Å². The molecule has 1 aromatic heterocycles. The number of amides is 1. The van der Waals surface area contributed by atoms with Gasteiger partial charge in [-0.05, 0) is 42.6 Å². The average molecular weight is 376 g/mol. The molecule has 0 bridgehead atoms. The minimum atomic E-state index is -0.0841. The molecule has 4 rings (SSSR count). The number of hydrazone groups is 1. The molecule has 4 nitrogen and oxygen atoms in total. The topological polar surface area (TPSA) is 41.9 Å². The molecule has 0 N–H and O–H groups in total. The van der Waals surface area contributed by atoms with E-state index in [0.717, 1.165) is 27.5 Å². The third-order valence-corrected chi connectivity index (χ3v) is 5.63. The third-order valence-electron chi connectivity index (χ3n) is 4.66. The monoisotopic (exact) mass is 376 g/mol. The summed E-state index contributed by atoms with van der Waals surface area (Å²) in [6, 6.07) is 19.5. The van der Waals surface area contributed by atoms with E-state index in [9.17, 15) is 4.79 Å². The summed E-state index contributed by atoms with van der Waals surface area (Å²) < 4.78 is 5.34. The summed E-state index contributed by atoms with van der Waals surface area (Å²) in [5.41, 5.74) is 3.60. The minimum Gasteiger partial charge on any atom is -0.497 e. The molecule has 0 unspecified atom stereocenters. The van der Waals surface area contributed by atoms with Crippen LogP contribution in [0.3, 0.4) is 0 Å². The summed E-state index contributed by atoms with van der Waals surface area (Å²) >= 11 is 1.65. The molecule has 3 aromatic rings. The van der Waals surface area contributed by atoms with Crippen LogP contribution in [0.1, 0.15) is 38.8 Å². The summed E-state index contributed by atoms with van der Waals surface area (Å²) in [5.74, 6) is 0.710. The summed E-state index contributed by atoms with van der Waals surface area (Å²) in [6.07, 6.45) is 0.686. The SMILES string of the molecule is COc1cccc(C2=NN(C(=O)c3cccc(C)c3)[C@@H](c3cccs3)C2)c1. The Balaban J connectivity index is 1.72. The largest absolute Gasteiger partial charge is 0.497 e. The van der Waals surface area contributed by atoms with E-state index in [2.05, 4.69) is 6.07 Å². The van der Waals surface area contributed by atoms with E-state index in [1.165, 1.54) is 0 Å². The fraction of sp³-hybridized carbons (Fsp3) is 0.182. The van der Waals surface area contributed by atoms with Gasteiger partial charge < -0.3 is 4.74 Å². The van der Waals surface area contributed by atoms with E-state index in [0.29, 0.717) is 12.0 Å². The third kappa shape index (κ3) is 3.51. The zero-order valence-corrected chi connectivity index (χ0v) is 16.1. The predicted molar refractivity (Wildman–Crippen MR) is 109 cm³/mol. The molecule has 1 aliphatic heterocycles. The number of methoxy groups -OCH3 is 1. The van der Waals surface area contributed by atoms with Crippen molar-refractivity contribution in [3.8, 4) is 5.75 Å². The Bertz CT molecular complexity index is 995. The molecule has 2 aromatic carbocycles. The second-order valence-corrected chi connectivity index (χ2v) is 7.51. The van der Waals surface area contributed by atoms with Crippen molar-refractivity contribution in [3.05, 3.63) is 87.6 Å². The lowest BCUT2D eigenvalue weighted by Gasteiger charge is -2.20. The molecule has 1 atom stereocenters. The number of nitrogens with zero attached hydrogens (tertiary/aromatic N) is 2. The van der Waals surface area contributed by atoms with Crippen molar-refractivity contribution in [2.24, 2.45) is 5.10 Å². The highest BCUT2D eigenvalue weighted by atomic mass is 32.1. The van der Waals surface area contributed by atoms with E-state index in [1.54, 1.807) is 23.5 Å². The maximum atomic E-state index is 13.2. The Morgan fingerprint density at radius 3 is 2.74 bits per heavy atom. The number of rotatable bonds is 4. The van der Waals surface area contributed by atoms with Crippen molar-refractivity contribution in [3.63, 3.8) is 0 Å². The molecule has 0 spiro atoms. The summed E-state index contributed by atoms with van der Waals surface area (Å²) in [7, 11) is 1.65. The van der Waals surface area contributed by atoms with Crippen LogP contribution < -0.4 is 4.74 Å². The van der Waals surface area contributed by atoms with Crippen molar-refractivity contribution >= 4 is 23.0 Å². The molecular formula is C22H20N2O2S.